The van der Waals surface area contributed by atoms with Crippen molar-refractivity contribution < 1.29 is 4.79 Å². The van der Waals surface area contributed by atoms with Crippen molar-refractivity contribution in [1.82, 2.24) is 25.1 Å². The number of halogens is 1. The predicted octanol–water partition coefficient (Wildman–Crippen LogP) is 3.33. The van der Waals surface area contributed by atoms with Crippen molar-refractivity contribution in [2.24, 2.45) is 0 Å². The van der Waals surface area contributed by atoms with E-state index >= 15 is 0 Å². The minimum absolute atomic E-state index is 0.0171. The average Bonchev–Trinajstić information content (AvgIpc) is 3.06. The number of carbonyl (C=O) groups is 1. The summed E-state index contributed by atoms with van der Waals surface area (Å²) in [4.78, 5) is 20.0. The molecule has 0 aliphatic rings. The van der Waals surface area contributed by atoms with Crippen LogP contribution in [0.4, 0.5) is 0 Å². The van der Waals surface area contributed by atoms with Gasteiger partial charge < -0.3 is 10.3 Å². The van der Waals surface area contributed by atoms with Gasteiger partial charge in [-0.1, -0.05) is 23.7 Å². The molecule has 1 amide bonds. The van der Waals surface area contributed by atoms with Crippen molar-refractivity contribution in [2.45, 2.75) is 33.7 Å². The third-order valence-electron chi connectivity index (χ3n) is 4.15. The number of rotatable bonds is 4. The van der Waals surface area contributed by atoms with Crippen molar-refractivity contribution in [3.8, 4) is 0 Å². The minimum atomic E-state index is -0.152. The molecule has 2 heterocycles. The van der Waals surface area contributed by atoms with Crippen LogP contribution in [-0.4, -0.2) is 32.2 Å². The number of aromatic nitrogens is 4. The number of benzene rings is 1. The molecule has 1 aromatic carbocycles. The highest BCUT2D eigenvalue weighted by Gasteiger charge is 2.17. The van der Waals surface area contributed by atoms with Gasteiger partial charge in [-0.05, 0) is 39.3 Å². The van der Waals surface area contributed by atoms with Crippen molar-refractivity contribution >= 4 is 28.4 Å². The summed E-state index contributed by atoms with van der Waals surface area (Å²) in [6.07, 6.45) is 0. The molecule has 0 fully saturated rings. The second-order valence-corrected chi connectivity index (χ2v) is 6.40. The Labute approximate surface area is 145 Å². The first-order valence-corrected chi connectivity index (χ1v) is 8.21. The number of aromatic amines is 1. The Bertz CT molecular complexity index is 911. The summed E-state index contributed by atoms with van der Waals surface area (Å²) in [7, 11) is 0. The second-order valence-electron chi connectivity index (χ2n) is 6.00. The van der Waals surface area contributed by atoms with E-state index in [1.807, 2.05) is 44.5 Å². The Hall–Kier alpha value is -2.34. The summed E-state index contributed by atoms with van der Waals surface area (Å²) in [6.45, 7) is 8.13. The van der Waals surface area contributed by atoms with Crippen LogP contribution in [0.15, 0.2) is 18.2 Å². The van der Waals surface area contributed by atoms with Gasteiger partial charge in [0.15, 0.2) is 0 Å². The summed E-state index contributed by atoms with van der Waals surface area (Å²) in [5.74, 6) is 1.41. The lowest BCUT2D eigenvalue weighted by Crippen LogP contribution is -2.31. The Balaban J connectivity index is 1.77. The Morgan fingerprint density at radius 3 is 2.75 bits per heavy atom. The largest absolute Gasteiger partial charge is 0.349 e. The summed E-state index contributed by atoms with van der Waals surface area (Å²) in [5.41, 5.74) is 2.22. The molecule has 24 heavy (non-hydrogen) atoms. The first kappa shape index (κ1) is 16.5. The van der Waals surface area contributed by atoms with E-state index in [-0.39, 0.29) is 11.9 Å². The van der Waals surface area contributed by atoms with Crippen molar-refractivity contribution in [2.75, 3.05) is 6.54 Å². The van der Waals surface area contributed by atoms with E-state index in [9.17, 15) is 4.79 Å². The maximum absolute atomic E-state index is 12.5. The van der Waals surface area contributed by atoms with Crippen LogP contribution in [-0.2, 0) is 0 Å². The van der Waals surface area contributed by atoms with Crippen LogP contribution in [0.1, 0.15) is 40.7 Å². The number of nitrogens with zero attached hydrogens (tertiary/aromatic N) is 3. The molecule has 1 unspecified atom stereocenters. The molecule has 2 N–H and O–H groups in total. The van der Waals surface area contributed by atoms with Crippen LogP contribution in [0.2, 0.25) is 5.02 Å². The van der Waals surface area contributed by atoms with Gasteiger partial charge in [0.1, 0.15) is 17.3 Å². The number of hydrogen-bond donors (Lipinski definition) is 2. The van der Waals surface area contributed by atoms with E-state index in [1.165, 1.54) is 0 Å². The van der Waals surface area contributed by atoms with E-state index in [0.29, 0.717) is 17.3 Å². The van der Waals surface area contributed by atoms with Crippen LogP contribution in [0, 0.1) is 20.8 Å². The highest BCUT2D eigenvalue weighted by Crippen LogP contribution is 2.27. The zero-order chi connectivity index (χ0) is 17.4. The molecule has 0 bridgehead atoms. The van der Waals surface area contributed by atoms with Crippen LogP contribution in [0.25, 0.3) is 10.9 Å². The van der Waals surface area contributed by atoms with Gasteiger partial charge in [-0.15, -0.1) is 0 Å². The SMILES string of the molecule is Cc1nc(C)n(C(C)CNC(=O)c2[nH]c3c(Cl)cccc3c2C)n1. The molecule has 3 aromatic rings. The van der Waals surface area contributed by atoms with Gasteiger partial charge in [0, 0.05) is 11.9 Å². The number of aryl methyl sites for hydroxylation is 3. The molecule has 126 valence electrons. The Kier molecular flexibility index (Phi) is 4.32. The molecule has 1 atom stereocenters. The number of carbonyl (C=O) groups excluding carboxylic acids is 1. The standard InChI is InChI=1S/C17H20ClN5O/c1-9(23-12(4)20-11(3)22-23)8-19-17(24)15-10(2)13-6-5-7-14(18)16(13)21-15/h5-7,9,21H,8H2,1-4H3,(H,19,24). The minimum Gasteiger partial charge on any atom is -0.349 e. The molecule has 0 spiro atoms. The molecule has 6 nitrogen and oxygen atoms in total. The zero-order valence-electron chi connectivity index (χ0n) is 14.1. The number of fused-ring (bicyclic) bond motifs is 1. The van der Waals surface area contributed by atoms with Crippen LogP contribution < -0.4 is 5.32 Å². The normalized spacial score (nSPS) is 12.5. The van der Waals surface area contributed by atoms with E-state index in [0.717, 1.165) is 28.1 Å². The molecule has 0 radical (unpaired) electrons. The molecule has 2 aromatic heterocycles. The van der Waals surface area contributed by atoms with E-state index in [1.54, 1.807) is 6.07 Å². The molecule has 0 saturated heterocycles. The number of amides is 1. The molecular weight excluding hydrogens is 326 g/mol. The fourth-order valence-corrected chi connectivity index (χ4v) is 3.13. The quantitative estimate of drug-likeness (QED) is 0.761. The van der Waals surface area contributed by atoms with Gasteiger partial charge in [-0.25, -0.2) is 9.67 Å². The first-order valence-electron chi connectivity index (χ1n) is 7.83. The number of H-pyrrole nitrogens is 1. The lowest BCUT2D eigenvalue weighted by atomic mass is 10.1. The van der Waals surface area contributed by atoms with E-state index < -0.39 is 0 Å². The lowest BCUT2D eigenvalue weighted by molar-refractivity contribution is 0.0943. The van der Waals surface area contributed by atoms with Crippen molar-refractivity contribution in [3.05, 3.63) is 46.1 Å². The predicted molar refractivity (Wildman–Crippen MR) is 94.6 cm³/mol. The molecule has 0 aliphatic carbocycles. The van der Waals surface area contributed by atoms with E-state index in [2.05, 4.69) is 20.4 Å². The number of nitrogens with one attached hydrogen (secondary N) is 2. The van der Waals surface area contributed by atoms with Gasteiger partial charge in [0.05, 0.1) is 16.6 Å². The summed E-state index contributed by atoms with van der Waals surface area (Å²) < 4.78 is 1.82. The van der Waals surface area contributed by atoms with Gasteiger partial charge in [0.2, 0.25) is 0 Å². The zero-order valence-corrected chi connectivity index (χ0v) is 14.9. The summed E-state index contributed by atoms with van der Waals surface area (Å²) in [6, 6.07) is 5.65. The third-order valence-corrected chi connectivity index (χ3v) is 4.47. The highest BCUT2D eigenvalue weighted by molar-refractivity contribution is 6.35. The van der Waals surface area contributed by atoms with Crippen LogP contribution in [0.5, 0.6) is 0 Å². The van der Waals surface area contributed by atoms with Gasteiger partial charge in [-0.2, -0.15) is 5.10 Å². The number of hydrogen-bond acceptors (Lipinski definition) is 3. The second kappa shape index (κ2) is 6.28. The van der Waals surface area contributed by atoms with Crippen LogP contribution >= 0.6 is 11.6 Å². The highest BCUT2D eigenvalue weighted by atomic mass is 35.5. The fraction of sp³-hybridized carbons (Fsp3) is 0.353. The summed E-state index contributed by atoms with van der Waals surface area (Å²) >= 11 is 6.19. The lowest BCUT2D eigenvalue weighted by Gasteiger charge is -2.14. The van der Waals surface area contributed by atoms with Crippen molar-refractivity contribution in [1.29, 1.82) is 0 Å². The van der Waals surface area contributed by atoms with Crippen molar-refractivity contribution in [3.63, 3.8) is 0 Å². The van der Waals surface area contributed by atoms with E-state index in [4.69, 9.17) is 11.6 Å². The molecular formula is C17H20ClN5O. The van der Waals surface area contributed by atoms with Gasteiger partial charge in [-0.3, -0.25) is 4.79 Å². The Morgan fingerprint density at radius 1 is 1.38 bits per heavy atom. The topological polar surface area (TPSA) is 75.6 Å². The first-order chi connectivity index (χ1) is 11.4. The molecule has 7 heteroatoms. The fourth-order valence-electron chi connectivity index (χ4n) is 2.91. The smallest absolute Gasteiger partial charge is 0.268 e. The average molecular weight is 346 g/mol. The van der Waals surface area contributed by atoms with Gasteiger partial charge >= 0.3 is 0 Å². The molecule has 0 aliphatic heterocycles. The van der Waals surface area contributed by atoms with Gasteiger partial charge in [0.25, 0.3) is 5.91 Å². The molecule has 3 rings (SSSR count). The molecule has 0 saturated carbocycles. The monoisotopic (exact) mass is 345 g/mol. The maximum Gasteiger partial charge on any atom is 0.268 e. The summed E-state index contributed by atoms with van der Waals surface area (Å²) in [5, 5.41) is 8.88. The maximum atomic E-state index is 12.5. The Morgan fingerprint density at radius 2 is 2.12 bits per heavy atom. The number of para-hydroxylation sites is 1. The third kappa shape index (κ3) is 2.89. The van der Waals surface area contributed by atoms with Crippen LogP contribution in [0.3, 0.4) is 0 Å².